The number of phenolic OH excluding ortho intramolecular Hbond substituents is 1. The zero-order valence-corrected chi connectivity index (χ0v) is 7.58. The number of ether oxygens (including phenoxy) is 1. The van der Waals surface area contributed by atoms with Crippen molar-refractivity contribution in [3.8, 4) is 11.5 Å². The Morgan fingerprint density at radius 2 is 2.00 bits per heavy atom. The van der Waals surface area contributed by atoms with Crippen LogP contribution in [0.25, 0.3) is 0 Å². The normalized spacial score (nSPS) is 11.2. The SMILES string of the molecule is COc1ccc(O)c(S(=O)(=O)O)c1. The maximum Gasteiger partial charge on any atom is 0.298 e. The lowest BCUT2D eigenvalue weighted by atomic mass is 10.3. The highest BCUT2D eigenvalue weighted by atomic mass is 32.2. The molecular formula is C7H8O5S. The van der Waals surface area contributed by atoms with E-state index in [4.69, 9.17) is 14.4 Å². The third-order valence-corrected chi connectivity index (χ3v) is 2.33. The van der Waals surface area contributed by atoms with Crippen LogP contribution in [0.5, 0.6) is 11.5 Å². The van der Waals surface area contributed by atoms with Crippen LogP contribution in [0.3, 0.4) is 0 Å². The molecule has 0 radical (unpaired) electrons. The summed E-state index contributed by atoms with van der Waals surface area (Å²) in [7, 11) is -3.05. The minimum absolute atomic E-state index is 0.241. The average Bonchev–Trinajstić information content (AvgIpc) is 2.03. The summed E-state index contributed by atoms with van der Waals surface area (Å²) in [6.07, 6.45) is 0. The minimum atomic E-state index is -4.40. The standard InChI is InChI=1S/C7H8O5S/c1-12-5-2-3-6(8)7(4-5)13(9,10)11/h2-4,8H,1H3,(H,9,10,11). The van der Waals surface area contributed by atoms with Crippen molar-refractivity contribution >= 4 is 10.1 Å². The van der Waals surface area contributed by atoms with Gasteiger partial charge in [0, 0.05) is 6.07 Å². The summed E-state index contributed by atoms with van der Waals surface area (Å²) in [6, 6.07) is 3.54. The first-order valence-corrected chi connectivity index (χ1v) is 4.73. The van der Waals surface area contributed by atoms with E-state index in [2.05, 4.69) is 0 Å². The van der Waals surface area contributed by atoms with E-state index in [-0.39, 0.29) is 5.75 Å². The van der Waals surface area contributed by atoms with E-state index >= 15 is 0 Å². The lowest BCUT2D eigenvalue weighted by Gasteiger charge is -2.03. The van der Waals surface area contributed by atoms with Crippen molar-refractivity contribution in [3.05, 3.63) is 18.2 Å². The average molecular weight is 204 g/mol. The van der Waals surface area contributed by atoms with Gasteiger partial charge in [-0.25, -0.2) is 0 Å². The van der Waals surface area contributed by atoms with Crippen LogP contribution in [0.4, 0.5) is 0 Å². The number of methoxy groups -OCH3 is 1. The van der Waals surface area contributed by atoms with Gasteiger partial charge in [-0.3, -0.25) is 4.55 Å². The summed E-state index contributed by atoms with van der Waals surface area (Å²) in [5.74, 6) is -0.270. The molecule has 0 fully saturated rings. The molecule has 0 atom stereocenters. The van der Waals surface area contributed by atoms with Gasteiger partial charge >= 0.3 is 0 Å². The quantitative estimate of drug-likeness (QED) is 0.691. The van der Waals surface area contributed by atoms with Crippen LogP contribution in [0.1, 0.15) is 0 Å². The third-order valence-electron chi connectivity index (χ3n) is 1.44. The van der Waals surface area contributed by atoms with Gasteiger partial charge in [0.05, 0.1) is 7.11 Å². The first kappa shape index (κ1) is 9.82. The fraction of sp³-hybridized carbons (Fsp3) is 0.143. The molecule has 0 saturated carbocycles. The van der Waals surface area contributed by atoms with E-state index in [9.17, 15) is 8.42 Å². The summed E-state index contributed by atoms with van der Waals surface area (Å²) >= 11 is 0. The van der Waals surface area contributed by atoms with Crippen LogP contribution < -0.4 is 4.74 Å². The first-order chi connectivity index (χ1) is 5.95. The van der Waals surface area contributed by atoms with E-state index in [1.165, 1.54) is 13.2 Å². The van der Waals surface area contributed by atoms with E-state index in [0.717, 1.165) is 12.1 Å². The van der Waals surface area contributed by atoms with Crippen LogP contribution in [-0.4, -0.2) is 25.2 Å². The summed E-state index contributed by atoms with van der Waals surface area (Å²) in [5, 5.41) is 9.07. The van der Waals surface area contributed by atoms with Gasteiger partial charge in [-0.05, 0) is 12.1 Å². The van der Waals surface area contributed by atoms with Crippen molar-refractivity contribution in [2.24, 2.45) is 0 Å². The monoisotopic (exact) mass is 204 g/mol. The number of hydrogen-bond donors (Lipinski definition) is 2. The van der Waals surface area contributed by atoms with Crippen molar-refractivity contribution in [1.29, 1.82) is 0 Å². The Morgan fingerprint density at radius 1 is 1.38 bits per heavy atom. The highest BCUT2D eigenvalue weighted by Crippen LogP contribution is 2.26. The molecule has 0 spiro atoms. The van der Waals surface area contributed by atoms with Gasteiger partial charge in [-0.2, -0.15) is 8.42 Å². The minimum Gasteiger partial charge on any atom is -0.506 e. The van der Waals surface area contributed by atoms with Gasteiger partial charge in [0.1, 0.15) is 16.4 Å². The second-order valence-electron chi connectivity index (χ2n) is 2.31. The van der Waals surface area contributed by atoms with Gasteiger partial charge in [-0.1, -0.05) is 0 Å². The molecule has 1 aromatic rings. The first-order valence-electron chi connectivity index (χ1n) is 3.29. The van der Waals surface area contributed by atoms with Crippen molar-refractivity contribution in [3.63, 3.8) is 0 Å². The molecule has 0 unspecified atom stereocenters. The smallest absolute Gasteiger partial charge is 0.298 e. The molecule has 1 aromatic carbocycles. The largest absolute Gasteiger partial charge is 0.506 e. The zero-order valence-electron chi connectivity index (χ0n) is 6.76. The second kappa shape index (κ2) is 3.23. The molecule has 0 amide bonds. The fourth-order valence-corrected chi connectivity index (χ4v) is 1.43. The Balaban J connectivity index is 3.36. The molecular weight excluding hydrogens is 196 g/mol. The molecule has 0 heterocycles. The van der Waals surface area contributed by atoms with Crippen molar-refractivity contribution < 1.29 is 22.8 Å². The van der Waals surface area contributed by atoms with Gasteiger partial charge in [0.15, 0.2) is 0 Å². The molecule has 0 aromatic heterocycles. The molecule has 6 heteroatoms. The summed E-state index contributed by atoms with van der Waals surface area (Å²) in [5.41, 5.74) is 0. The maximum atomic E-state index is 10.7. The molecule has 0 saturated heterocycles. The summed E-state index contributed by atoms with van der Waals surface area (Å²) in [4.78, 5) is -0.563. The molecule has 2 N–H and O–H groups in total. The predicted octanol–water partition coefficient (Wildman–Crippen LogP) is 0.648. The molecule has 5 nitrogen and oxygen atoms in total. The Labute approximate surface area is 75.3 Å². The lowest BCUT2D eigenvalue weighted by molar-refractivity contribution is 0.405. The van der Waals surface area contributed by atoms with Gasteiger partial charge in [0.2, 0.25) is 0 Å². The number of rotatable bonds is 2. The Kier molecular flexibility index (Phi) is 2.44. The molecule has 13 heavy (non-hydrogen) atoms. The Morgan fingerprint density at radius 3 is 2.46 bits per heavy atom. The molecule has 1 rings (SSSR count). The van der Waals surface area contributed by atoms with Crippen LogP contribution in [0.15, 0.2) is 23.1 Å². The number of hydrogen-bond acceptors (Lipinski definition) is 4. The molecule has 0 bridgehead atoms. The number of benzene rings is 1. The zero-order chi connectivity index (χ0) is 10.1. The molecule has 0 aliphatic carbocycles. The second-order valence-corrected chi connectivity index (χ2v) is 3.70. The van der Waals surface area contributed by atoms with Gasteiger partial charge in [0.25, 0.3) is 10.1 Å². The van der Waals surface area contributed by atoms with Crippen molar-refractivity contribution in [1.82, 2.24) is 0 Å². The Hall–Kier alpha value is -1.27. The molecule has 0 aliphatic heterocycles. The van der Waals surface area contributed by atoms with Gasteiger partial charge < -0.3 is 9.84 Å². The summed E-state index contributed by atoms with van der Waals surface area (Å²) in [6.45, 7) is 0. The van der Waals surface area contributed by atoms with Crippen LogP contribution in [0.2, 0.25) is 0 Å². The molecule has 72 valence electrons. The van der Waals surface area contributed by atoms with Crippen LogP contribution in [-0.2, 0) is 10.1 Å². The highest BCUT2D eigenvalue weighted by molar-refractivity contribution is 7.86. The van der Waals surface area contributed by atoms with E-state index in [1.807, 2.05) is 0 Å². The number of aromatic hydroxyl groups is 1. The number of phenols is 1. The highest BCUT2D eigenvalue weighted by Gasteiger charge is 2.15. The predicted molar refractivity (Wildman–Crippen MR) is 44.5 cm³/mol. The van der Waals surface area contributed by atoms with Crippen LogP contribution in [0, 0.1) is 0 Å². The van der Waals surface area contributed by atoms with E-state index < -0.39 is 20.8 Å². The van der Waals surface area contributed by atoms with Crippen molar-refractivity contribution in [2.75, 3.05) is 7.11 Å². The van der Waals surface area contributed by atoms with E-state index in [0.29, 0.717) is 0 Å². The van der Waals surface area contributed by atoms with Crippen molar-refractivity contribution in [2.45, 2.75) is 4.90 Å². The maximum absolute atomic E-state index is 10.7. The molecule has 0 aliphatic rings. The summed E-state index contributed by atoms with van der Waals surface area (Å²) < 4.78 is 34.7. The lowest BCUT2D eigenvalue weighted by Crippen LogP contribution is -1.98. The van der Waals surface area contributed by atoms with Gasteiger partial charge in [-0.15, -0.1) is 0 Å². The van der Waals surface area contributed by atoms with E-state index in [1.54, 1.807) is 0 Å². The fourth-order valence-electron chi connectivity index (χ4n) is 0.828. The Bertz CT molecular complexity index is 409. The van der Waals surface area contributed by atoms with Crippen LogP contribution >= 0.6 is 0 Å². The topological polar surface area (TPSA) is 83.8 Å². The third kappa shape index (κ3) is 2.10.